The maximum absolute atomic E-state index is 12.6. The molecule has 162 valence electrons. The first-order valence-corrected chi connectivity index (χ1v) is 10.1. The Morgan fingerprint density at radius 2 is 1.58 bits per heavy atom. The van der Waals surface area contributed by atoms with Gasteiger partial charge < -0.3 is 19.5 Å². The molecule has 0 heterocycles. The number of carbonyl (C=O) groups is 1. The Bertz CT molecular complexity index is 992. The molecule has 31 heavy (non-hydrogen) atoms. The van der Waals surface area contributed by atoms with E-state index in [9.17, 15) is 4.79 Å². The molecular weight excluding hydrogens is 392 g/mol. The minimum atomic E-state index is -0.0982. The van der Waals surface area contributed by atoms with Crippen LogP contribution in [0.4, 0.5) is 5.69 Å². The number of ether oxygens (including phenoxy) is 3. The van der Waals surface area contributed by atoms with E-state index >= 15 is 0 Å². The summed E-state index contributed by atoms with van der Waals surface area (Å²) in [6.07, 6.45) is 0.790. The van der Waals surface area contributed by atoms with Gasteiger partial charge in [-0.1, -0.05) is 36.4 Å². The summed E-state index contributed by atoms with van der Waals surface area (Å²) in [7, 11) is 5.16. The fraction of sp³-hybridized carbons (Fsp3) is 0.240. The third-order valence-electron chi connectivity index (χ3n) is 4.78. The smallest absolute Gasteiger partial charge is 0.238 e. The molecule has 0 spiro atoms. The average molecular weight is 421 g/mol. The summed E-state index contributed by atoms with van der Waals surface area (Å²) in [6.45, 7) is 0.998. The molecule has 0 saturated heterocycles. The van der Waals surface area contributed by atoms with Crippen molar-refractivity contribution in [1.82, 2.24) is 4.90 Å². The van der Waals surface area contributed by atoms with Gasteiger partial charge in [-0.25, -0.2) is 0 Å². The molecule has 0 aliphatic carbocycles. The van der Waals surface area contributed by atoms with Crippen LogP contribution >= 0.6 is 0 Å². The largest absolute Gasteiger partial charge is 0.493 e. The number of methoxy groups -OCH3 is 2. The number of nitrogens with one attached hydrogen (secondary N) is 1. The monoisotopic (exact) mass is 420 g/mol. The Morgan fingerprint density at radius 1 is 0.871 bits per heavy atom. The van der Waals surface area contributed by atoms with Crippen LogP contribution < -0.4 is 19.5 Å². The summed E-state index contributed by atoms with van der Waals surface area (Å²) in [5, 5.41) is 2.95. The summed E-state index contributed by atoms with van der Waals surface area (Å²) in [6, 6.07) is 22.8. The first kappa shape index (κ1) is 22.2. The maximum Gasteiger partial charge on any atom is 0.238 e. The van der Waals surface area contributed by atoms with E-state index in [4.69, 9.17) is 14.2 Å². The van der Waals surface area contributed by atoms with Crippen LogP contribution in [0.2, 0.25) is 0 Å². The van der Waals surface area contributed by atoms with E-state index in [1.54, 1.807) is 14.2 Å². The lowest BCUT2D eigenvalue weighted by Gasteiger charge is -2.18. The second-order valence-electron chi connectivity index (χ2n) is 7.14. The number of nitrogens with zero attached hydrogens (tertiary/aromatic N) is 1. The zero-order chi connectivity index (χ0) is 22.1. The summed E-state index contributed by atoms with van der Waals surface area (Å²) < 4.78 is 16.5. The Balaban J connectivity index is 1.54. The standard InChI is InChI=1S/C25H28N2O4/c1-27(16-15-19-13-14-23(29-2)24(17-19)30-3)18-25(28)26-21-11-7-8-12-22(21)31-20-9-5-4-6-10-20/h4-14,17H,15-16,18H2,1-3H3,(H,26,28). The van der Waals surface area contributed by atoms with Crippen molar-refractivity contribution in [1.29, 1.82) is 0 Å². The molecule has 0 fully saturated rings. The van der Waals surface area contributed by atoms with Crippen LogP contribution in [0.3, 0.4) is 0 Å². The molecule has 1 amide bonds. The highest BCUT2D eigenvalue weighted by atomic mass is 16.5. The van der Waals surface area contributed by atoms with Crippen molar-refractivity contribution < 1.29 is 19.0 Å². The lowest BCUT2D eigenvalue weighted by atomic mass is 10.1. The van der Waals surface area contributed by atoms with Crippen molar-refractivity contribution in [3.05, 3.63) is 78.4 Å². The van der Waals surface area contributed by atoms with Gasteiger partial charge in [0, 0.05) is 6.54 Å². The zero-order valence-corrected chi connectivity index (χ0v) is 18.1. The zero-order valence-electron chi connectivity index (χ0n) is 18.1. The van der Waals surface area contributed by atoms with Gasteiger partial charge in [-0.15, -0.1) is 0 Å². The van der Waals surface area contributed by atoms with Crippen molar-refractivity contribution in [3.8, 4) is 23.0 Å². The highest BCUT2D eigenvalue weighted by molar-refractivity contribution is 5.93. The molecule has 0 radical (unpaired) electrons. The number of likely N-dealkylation sites (N-methyl/N-ethyl adjacent to an activating group) is 1. The van der Waals surface area contributed by atoms with Crippen LogP contribution in [0.5, 0.6) is 23.0 Å². The summed E-state index contributed by atoms with van der Waals surface area (Å²) in [5.41, 5.74) is 1.76. The first-order chi connectivity index (χ1) is 15.1. The molecular formula is C25H28N2O4. The second-order valence-corrected chi connectivity index (χ2v) is 7.14. The fourth-order valence-corrected chi connectivity index (χ4v) is 3.14. The van der Waals surface area contributed by atoms with Crippen LogP contribution in [-0.2, 0) is 11.2 Å². The van der Waals surface area contributed by atoms with Crippen molar-refractivity contribution in [2.75, 3.05) is 39.7 Å². The third-order valence-corrected chi connectivity index (χ3v) is 4.78. The minimum Gasteiger partial charge on any atom is -0.493 e. The number of hydrogen-bond donors (Lipinski definition) is 1. The van der Waals surface area contributed by atoms with Crippen molar-refractivity contribution in [2.45, 2.75) is 6.42 Å². The van der Waals surface area contributed by atoms with Crippen LogP contribution in [0.25, 0.3) is 0 Å². The normalized spacial score (nSPS) is 10.6. The van der Waals surface area contributed by atoms with E-state index in [1.165, 1.54) is 0 Å². The van der Waals surface area contributed by atoms with Crippen LogP contribution in [0.15, 0.2) is 72.8 Å². The van der Waals surface area contributed by atoms with Gasteiger partial charge in [0.2, 0.25) is 5.91 Å². The number of carbonyl (C=O) groups excluding carboxylic acids is 1. The maximum atomic E-state index is 12.6. The second kappa shape index (κ2) is 11.0. The van der Waals surface area contributed by atoms with E-state index in [0.29, 0.717) is 22.9 Å². The molecule has 1 N–H and O–H groups in total. The fourth-order valence-electron chi connectivity index (χ4n) is 3.14. The van der Waals surface area contributed by atoms with Gasteiger partial charge in [0.05, 0.1) is 26.5 Å². The molecule has 0 saturated carbocycles. The lowest BCUT2D eigenvalue weighted by Crippen LogP contribution is -2.31. The molecule has 0 unspecified atom stereocenters. The lowest BCUT2D eigenvalue weighted by molar-refractivity contribution is -0.117. The van der Waals surface area contributed by atoms with Crippen molar-refractivity contribution in [3.63, 3.8) is 0 Å². The van der Waals surface area contributed by atoms with Crippen molar-refractivity contribution >= 4 is 11.6 Å². The Labute approximate surface area is 183 Å². The highest BCUT2D eigenvalue weighted by Gasteiger charge is 2.12. The number of benzene rings is 3. The predicted octanol–water partition coefficient (Wildman–Crippen LogP) is 4.61. The number of para-hydroxylation sites is 3. The van der Waals surface area contributed by atoms with E-state index < -0.39 is 0 Å². The van der Waals surface area contributed by atoms with Gasteiger partial charge in [0.25, 0.3) is 0 Å². The van der Waals surface area contributed by atoms with Crippen LogP contribution in [0, 0.1) is 0 Å². The molecule has 0 atom stereocenters. The predicted molar refractivity (Wildman–Crippen MR) is 122 cm³/mol. The summed E-state index contributed by atoms with van der Waals surface area (Å²) in [5.74, 6) is 2.64. The third kappa shape index (κ3) is 6.49. The quantitative estimate of drug-likeness (QED) is 0.519. The summed E-state index contributed by atoms with van der Waals surface area (Å²) in [4.78, 5) is 14.6. The first-order valence-electron chi connectivity index (χ1n) is 10.1. The van der Waals surface area contributed by atoms with Gasteiger partial charge in [-0.05, 0) is 55.4 Å². The Morgan fingerprint density at radius 3 is 2.32 bits per heavy atom. The topological polar surface area (TPSA) is 60.0 Å². The number of amides is 1. The number of rotatable bonds is 10. The van der Waals surface area contributed by atoms with E-state index in [0.717, 1.165) is 24.3 Å². The number of anilines is 1. The van der Waals surface area contributed by atoms with Gasteiger partial charge in [0.15, 0.2) is 17.2 Å². The van der Waals surface area contributed by atoms with Crippen LogP contribution in [-0.4, -0.2) is 45.2 Å². The number of hydrogen-bond acceptors (Lipinski definition) is 5. The summed E-state index contributed by atoms with van der Waals surface area (Å²) >= 11 is 0. The molecule has 6 nitrogen and oxygen atoms in total. The molecule has 6 heteroatoms. The van der Waals surface area contributed by atoms with E-state index in [1.807, 2.05) is 84.7 Å². The van der Waals surface area contributed by atoms with Gasteiger partial charge in [-0.2, -0.15) is 0 Å². The minimum absolute atomic E-state index is 0.0982. The molecule has 3 rings (SSSR count). The highest BCUT2D eigenvalue weighted by Crippen LogP contribution is 2.29. The van der Waals surface area contributed by atoms with Gasteiger partial charge in [-0.3, -0.25) is 9.69 Å². The molecule has 0 aliphatic heterocycles. The average Bonchev–Trinajstić information content (AvgIpc) is 2.79. The molecule has 0 aliphatic rings. The molecule has 0 aromatic heterocycles. The van der Waals surface area contributed by atoms with Gasteiger partial charge in [0.1, 0.15) is 5.75 Å². The Kier molecular flexibility index (Phi) is 7.90. The van der Waals surface area contributed by atoms with E-state index in [-0.39, 0.29) is 12.5 Å². The molecule has 3 aromatic carbocycles. The molecule has 0 bridgehead atoms. The molecule has 3 aromatic rings. The Hall–Kier alpha value is -3.51. The van der Waals surface area contributed by atoms with Crippen molar-refractivity contribution in [2.24, 2.45) is 0 Å². The van der Waals surface area contributed by atoms with Gasteiger partial charge >= 0.3 is 0 Å². The van der Waals surface area contributed by atoms with E-state index in [2.05, 4.69) is 5.32 Å². The van der Waals surface area contributed by atoms with Crippen LogP contribution in [0.1, 0.15) is 5.56 Å². The SMILES string of the molecule is COc1ccc(CCN(C)CC(=O)Nc2ccccc2Oc2ccccc2)cc1OC.